The molecule has 0 aliphatic rings. The van der Waals surface area contributed by atoms with E-state index in [1.165, 1.54) is 6.07 Å². The maximum Gasteiger partial charge on any atom is 0.321 e. The minimum atomic E-state index is -3.80. The minimum absolute atomic E-state index is 0.0953. The normalized spacial score (nSPS) is 13.2. The molecule has 1 aromatic carbocycles. The van der Waals surface area contributed by atoms with Gasteiger partial charge in [0, 0.05) is 0 Å². The predicted molar refractivity (Wildman–Crippen MR) is 72.6 cm³/mol. The van der Waals surface area contributed by atoms with Crippen LogP contribution in [0, 0.1) is 13.8 Å². The van der Waals surface area contributed by atoms with E-state index in [-0.39, 0.29) is 11.3 Å². The fraction of sp³-hybridized carbons (Fsp3) is 0.462. The lowest BCUT2D eigenvalue weighted by Gasteiger charge is -2.14. The third-order valence-electron chi connectivity index (χ3n) is 2.96. The van der Waals surface area contributed by atoms with Gasteiger partial charge in [-0.1, -0.05) is 19.4 Å². The standard InChI is InChI=1S/C13H19NO4S/c1-4-5-12(13(15)16)14-19(17,18)11-7-6-9(2)10(3)8-11/h6-8,12,14H,4-5H2,1-3H3,(H,15,16)/t12-/m1/s1. The number of carbonyl (C=O) groups is 1. The Labute approximate surface area is 113 Å². The zero-order valence-corrected chi connectivity index (χ0v) is 12.1. The van der Waals surface area contributed by atoms with Crippen molar-refractivity contribution in [2.45, 2.75) is 44.6 Å². The quantitative estimate of drug-likeness (QED) is 0.835. The van der Waals surface area contributed by atoms with Gasteiger partial charge in [0.25, 0.3) is 0 Å². The van der Waals surface area contributed by atoms with Gasteiger partial charge in [-0.3, -0.25) is 4.79 Å². The van der Waals surface area contributed by atoms with Crippen LogP contribution in [0.5, 0.6) is 0 Å². The second-order valence-electron chi connectivity index (χ2n) is 4.55. The van der Waals surface area contributed by atoms with Crippen molar-refractivity contribution in [3.05, 3.63) is 29.3 Å². The summed E-state index contributed by atoms with van der Waals surface area (Å²) in [7, 11) is -3.80. The number of sulfonamides is 1. The summed E-state index contributed by atoms with van der Waals surface area (Å²) in [4.78, 5) is 11.1. The molecular weight excluding hydrogens is 266 g/mol. The van der Waals surface area contributed by atoms with Crippen LogP contribution in [-0.2, 0) is 14.8 Å². The topological polar surface area (TPSA) is 83.5 Å². The van der Waals surface area contributed by atoms with Crippen LogP contribution in [0.3, 0.4) is 0 Å². The van der Waals surface area contributed by atoms with Crippen LogP contribution < -0.4 is 4.72 Å². The maximum absolute atomic E-state index is 12.1. The van der Waals surface area contributed by atoms with Gasteiger partial charge in [-0.25, -0.2) is 8.42 Å². The molecule has 0 saturated carbocycles. The lowest BCUT2D eigenvalue weighted by Crippen LogP contribution is -2.40. The van der Waals surface area contributed by atoms with E-state index in [4.69, 9.17) is 5.11 Å². The zero-order valence-electron chi connectivity index (χ0n) is 11.3. The van der Waals surface area contributed by atoms with E-state index in [1.54, 1.807) is 19.1 Å². The number of nitrogens with one attached hydrogen (secondary N) is 1. The van der Waals surface area contributed by atoms with Crippen molar-refractivity contribution in [2.24, 2.45) is 0 Å². The van der Waals surface area contributed by atoms with Crippen molar-refractivity contribution in [3.8, 4) is 0 Å². The average Bonchev–Trinajstić information content (AvgIpc) is 2.31. The second kappa shape index (κ2) is 6.16. The first-order valence-corrected chi connectivity index (χ1v) is 7.58. The summed E-state index contributed by atoms with van der Waals surface area (Å²) in [5, 5.41) is 8.99. The van der Waals surface area contributed by atoms with Crippen molar-refractivity contribution in [1.82, 2.24) is 4.72 Å². The van der Waals surface area contributed by atoms with Crippen LogP contribution >= 0.6 is 0 Å². The number of aliphatic carboxylic acids is 1. The highest BCUT2D eigenvalue weighted by Gasteiger charge is 2.24. The van der Waals surface area contributed by atoms with Crippen LogP contribution in [0.15, 0.2) is 23.1 Å². The Morgan fingerprint density at radius 2 is 1.95 bits per heavy atom. The lowest BCUT2D eigenvalue weighted by atomic mass is 10.1. The molecular formula is C13H19NO4S. The molecule has 1 aromatic rings. The van der Waals surface area contributed by atoms with Crippen molar-refractivity contribution in [1.29, 1.82) is 0 Å². The van der Waals surface area contributed by atoms with E-state index in [1.807, 2.05) is 13.8 Å². The van der Waals surface area contributed by atoms with Gasteiger partial charge in [0.1, 0.15) is 6.04 Å². The monoisotopic (exact) mass is 285 g/mol. The highest BCUT2D eigenvalue weighted by atomic mass is 32.2. The number of aryl methyl sites for hydroxylation is 2. The highest BCUT2D eigenvalue weighted by Crippen LogP contribution is 2.15. The lowest BCUT2D eigenvalue weighted by molar-refractivity contribution is -0.139. The Kier molecular flexibility index (Phi) is 5.08. The van der Waals surface area contributed by atoms with E-state index >= 15 is 0 Å². The highest BCUT2D eigenvalue weighted by molar-refractivity contribution is 7.89. The Morgan fingerprint density at radius 3 is 2.42 bits per heavy atom. The van der Waals surface area contributed by atoms with E-state index < -0.39 is 22.0 Å². The Hall–Kier alpha value is -1.40. The summed E-state index contributed by atoms with van der Waals surface area (Å²) in [5.74, 6) is -1.16. The van der Waals surface area contributed by atoms with Crippen molar-refractivity contribution in [2.75, 3.05) is 0 Å². The third-order valence-corrected chi connectivity index (χ3v) is 4.43. The molecule has 2 N–H and O–H groups in total. The van der Waals surface area contributed by atoms with Crippen LogP contribution in [-0.4, -0.2) is 25.5 Å². The molecule has 0 aliphatic carbocycles. The number of hydrogen-bond acceptors (Lipinski definition) is 3. The molecule has 0 bridgehead atoms. The molecule has 0 amide bonds. The Balaban J connectivity index is 3.03. The molecule has 5 nitrogen and oxygen atoms in total. The van der Waals surface area contributed by atoms with Gasteiger partial charge in [0.2, 0.25) is 10.0 Å². The second-order valence-corrected chi connectivity index (χ2v) is 6.26. The van der Waals surface area contributed by atoms with Crippen LogP contribution in [0.4, 0.5) is 0 Å². The molecule has 0 aromatic heterocycles. The van der Waals surface area contributed by atoms with E-state index in [9.17, 15) is 13.2 Å². The summed E-state index contributed by atoms with van der Waals surface area (Å²) >= 11 is 0. The molecule has 6 heteroatoms. The van der Waals surface area contributed by atoms with Gasteiger partial charge in [0.05, 0.1) is 4.90 Å². The number of carboxylic acid groups (broad SMARTS) is 1. The van der Waals surface area contributed by atoms with Crippen molar-refractivity contribution >= 4 is 16.0 Å². The summed E-state index contributed by atoms with van der Waals surface area (Å²) < 4.78 is 26.5. The van der Waals surface area contributed by atoms with Gasteiger partial charge < -0.3 is 5.11 Å². The van der Waals surface area contributed by atoms with Gasteiger partial charge in [-0.05, 0) is 43.5 Å². The molecule has 106 valence electrons. The Morgan fingerprint density at radius 1 is 1.32 bits per heavy atom. The molecule has 1 atom stereocenters. The van der Waals surface area contributed by atoms with Crippen molar-refractivity contribution in [3.63, 3.8) is 0 Å². The SMILES string of the molecule is CCC[C@@H](NS(=O)(=O)c1ccc(C)c(C)c1)C(=O)O. The molecule has 1 rings (SSSR count). The minimum Gasteiger partial charge on any atom is -0.480 e. The fourth-order valence-corrected chi connectivity index (χ4v) is 2.97. The first-order chi connectivity index (χ1) is 8.77. The summed E-state index contributed by atoms with van der Waals surface area (Å²) in [6.45, 7) is 5.51. The Bertz CT molecular complexity index is 566. The molecule has 0 radical (unpaired) electrons. The van der Waals surface area contributed by atoms with Gasteiger partial charge in [-0.2, -0.15) is 4.72 Å². The van der Waals surface area contributed by atoms with Crippen LogP contribution in [0.25, 0.3) is 0 Å². The number of hydrogen-bond donors (Lipinski definition) is 2. The predicted octanol–water partition coefficient (Wildman–Crippen LogP) is 1.84. The van der Waals surface area contributed by atoms with Crippen LogP contribution in [0.1, 0.15) is 30.9 Å². The number of carboxylic acids is 1. The van der Waals surface area contributed by atoms with Gasteiger partial charge >= 0.3 is 5.97 Å². The van der Waals surface area contributed by atoms with E-state index in [0.29, 0.717) is 6.42 Å². The first-order valence-electron chi connectivity index (χ1n) is 6.10. The van der Waals surface area contributed by atoms with Gasteiger partial charge in [0.15, 0.2) is 0 Å². The zero-order chi connectivity index (χ0) is 14.6. The van der Waals surface area contributed by atoms with Crippen LogP contribution in [0.2, 0.25) is 0 Å². The van der Waals surface area contributed by atoms with Crippen molar-refractivity contribution < 1.29 is 18.3 Å². The molecule has 0 fully saturated rings. The third kappa shape index (κ3) is 4.04. The molecule has 0 saturated heterocycles. The van der Waals surface area contributed by atoms with Gasteiger partial charge in [-0.15, -0.1) is 0 Å². The van der Waals surface area contributed by atoms with E-state index in [0.717, 1.165) is 11.1 Å². The number of benzene rings is 1. The molecule has 0 aliphatic heterocycles. The number of rotatable bonds is 6. The maximum atomic E-state index is 12.1. The molecule has 0 spiro atoms. The smallest absolute Gasteiger partial charge is 0.321 e. The summed E-state index contributed by atoms with van der Waals surface area (Å²) in [5.41, 5.74) is 1.84. The molecule has 0 heterocycles. The first kappa shape index (κ1) is 15.7. The van der Waals surface area contributed by atoms with E-state index in [2.05, 4.69) is 4.72 Å². The molecule has 0 unspecified atom stereocenters. The molecule has 19 heavy (non-hydrogen) atoms. The fourth-order valence-electron chi connectivity index (χ4n) is 1.66. The summed E-state index contributed by atoms with van der Waals surface area (Å²) in [6.07, 6.45) is 0.853. The average molecular weight is 285 g/mol. The summed E-state index contributed by atoms with van der Waals surface area (Å²) in [6, 6.07) is 3.65. The largest absolute Gasteiger partial charge is 0.480 e.